The molecule has 1 aliphatic rings. The van der Waals surface area contributed by atoms with Crippen molar-refractivity contribution in [3.05, 3.63) is 65.2 Å². The van der Waals surface area contributed by atoms with Crippen LogP contribution in [0.4, 0.5) is 5.82 Å². The molecule has 1 aliphatic heterocycles. The Bertz CT molecular complexity index is 1040. The van der Waals surface area contributed by atoms with Gasteiger partial charge in [0.1, 0.15) is 18.2 Å². The van der Waals surface area contributed by atoms with E-state index in [1.165, 1.54) is 0 Å². The number of amides is 1. The maximum Gasteiger partial charge on any atom is 0.254 e. The Morgan fingerprint density at radius 2 is 1.97 bits per heavy atom. The van der Waals surface area contributed by atoms with Crippen LogP contribution in [-0.4, -0.2) is 62.3 Å². The Labute approximate surface area is 181 Å². The van der Waals surface area contributed by atoms with Crippen LogP contribution in [0.15, 0.2) is 54.6 Å². The number of hydrogen-bond acceptors (Lipinski definition) is 5. The zero-order chi connectivity index (χ0) is 20.9. The molecule has 4 rings (SSSR count). The number of anilines is 1. The SMILES string of the molecule is CN(CCOc1cccc(Cl)c1)c1cc(C(=O)N2CCOCC2)c2ccccc2n1. The molecule has 7 heteroatoms. The van der Waals surface area contributed by atoms with Gasteiger partial charge in [0, 0.05) is 30.5 Å². The van der Waals surface area contributed by atoms with Gasteiger partial charge in [-0.3, -0.25) is 4.79 Å². The van der Waals surface area contributed by atoms with Gasteiger partial charge < -0.3 is 19.3 Å². The van der Waals surface area contributed by atoms with Gasteiger partial charge in [0.15, 0.2) is 0 Å². The van der Waals surface area contributed by atoms with Gasteiger partial charge in [-0.1, -0.05) is 35.9 Å². The Morgan fingerprint density at radius 3 is 2.77 bits per heavy atom. The molecule has 1 fully saturated rings. The zero-order valence-electron chi connectivity index (χ0n) is 16.9. The van der Waals surface area contributed by atoms with Crippen LogP contribution in [0, 0.1) is 0 Å². The van der Waals surface area contributed by atoms with Crippen LogP contribution >= 0.6 is 11.6 Å². The minimum Gasteiger partial charge on any atom is -0.492 e. The van der Waals surface area contributed by atoms with Gasteiger partial charge in [-0.05, 0) is 30.3 Å². The van der Waals surface area contributed by atoms with Crippen LogP contribution in [0.25, 0.3) is 10.9 Å². The number of hydrogen-bond donors (Lipinski definition) is 0. The number of rotatable bonds is 6. The molecule has 0 atom stereocenters. The lowest BCUT2D eigenvalue weighted by atomic mass is 10.1. The Hall–Kier alpha value is -2.83. The molecule has 1 saturated heterocycles. The first-order valence-electron chi connectivity index (χ1n) is 9.98. The molecule has 0 aliphatic carbocycles. The number of pyridine rings is 1. The van der Waals surface area contributed by atoms with Crippen molar-refractivity contribution < 1.29 is 14.3 Å². The van der Waals surface area contributed by atoms with Crippen LogP contribution in [0.5, 0.6) is 5.75 Å². The van der Waals surface area contributed by atoms with Crippen molar-refractivity contribution >= 4 is 34.2 Å². The molecule has 156 valence electrons. The standard InChI is InChI=1S/C23H24ClN3O3/c1-26(9-14-30-18-6-4-5-17(24)15-18)22-16-20(19-7-2-3-8-21(19)25-22)23(28)27-10-12-29-13-11-27/h2-8,15-16H,9-14H2,1H3. The normalized spacial score (nSPS) is 14.0. The number of carbonyl (C=O) groups is 1. The maximum atomic E-state index is 13.2. The number of carbonyl (C=O) groups excluding carboxylic acids is 1. The number of morpholine rings is 1. The summed E-state index contributed by atoms with van der Waals surface area (Å²) in [5, 5.41) is 1.50. The fourth-order valence-corrected chi connectivity index (χ4v) is 3.62. The minimum absolute atomic E-state index is 0.0155. The lowest BCUT2D eigenvalue weighted by Gasteiger charge is -2.28. The van der Waals surface area contributed by atoms with Crippen molar-refractivity contribution in [3.8, 4) is 5.75 Å². The smallest absolute Gasteiger partial charge is 0.254 e. The quantitative estimate of drug-likeness (QED) is 0.600. The van der Waals surface area contributed by atoms with Crippen molar-refractivity contribution in [1.82, 2.24) is 9.88 Å². The number of aromatic nitrogens is 1. The molecule has 0 spiro atoms. The highest BCUT2D eigenvalue weighted by Gasteiger charge is 2.22. The highest BCUT2D eigenvalue weighted by Crippen LogP contribution is 2.24. The molecule has 6 nitrogen and oxygen atoms in total. The third-order valence-corrected chi connectivity index (χ3v) is 5.35. The highest BCUT2D eigenvalue weighted by atomic mass is 35.5. The number of ether oxygens (including phenoxy) is 2. The van der Waals surface area contributed by atoms with Crippen molar-refractivity contribution in [2.45, 2.75) is 0 Å². The first-order valence-corrected chi connectivity index (χ1v) is 10.4. The number of likely N-dealkylation sites (N-methyl/N-ethyl adjacent to an activating group) is 1. The van der Waals surface area contributed by atoms with Crippen molar-refractivity contribution in [2.24, 2.45) is 0 Å². The fraction of sp³-hybridized carbons (Fsp3) is 0.304. The predicted octanol–water partition coefficient (Wildman–Crippen LogP) is 3.88. The molecular formula is C23H24ClN3O3. The third-order valence-electron chi connectivity index (χ3n) is 5.11. The molecule has 0 saturated carbocycles. The summed E-state index contributed by atoms with van der Waals surface area (Å²) in [6.45, 7) is 3.44. The molecule has 2 aromatic carbocycles. The monoisotopic (exact) mass is 425 g/mol. The molecule has 2 heterocycles. The summed E-state index contributed by atoms with van der Waals surface area (Å²) < 4.78 is 11.2. The topological polar surface area (TPSA) is 54.9 Å². The average Bonchev–Trinajstić information content (AvgIpc) is 2.78. The molecule has 30 heavy (non-hydrogen) atoms. The molecule has 0 bridgehead atoms. The van der Waals surface area contributed by atoms with Crippen LogP contribution in [0.2, 0.25) is 5.02 Å². The summed E-state index contributed by atoms with van der Waals surface area (Å²) in [7, 11) is 1.95. The molecule has 3 aromatic rings. The zero-order valence-corrected chi connectivity index (χ0v) is 17.6. The molecular weight excluding hydrogens is 402 g/mol. The van der Waals surface area contributed by atoms with E-state index in [2.05, 4.69) is 0 Å². The van der Waals surface area contributed by atoms with E-state index in [1.54, 1.807) is 6.07 Å². The average molecular weight is 426 g/mol. The molecule has 0 radical (unpaired) electrons. The van der Waals surface area contributed by atoms with Crippen molar-refractivity contribution in [2.75, 3.05) is 51.4 Å². The van der Waals surface area contributed by atoms with Gasteiger partial charge in [-0.2, -0.15) is 0 Å². The van der Waals surface area contributed by atoms with E-state index in [0.717, 1.165) is 22.5 Å². The minimum atomic E-state index is 0.0155. The van der Waals surface area contributed by atoms with E-state index < -0.39 is 0 Å². The summed E-state index contributed by atoms with van der Waals surface area (Å²) in [5.74, 6) is 1.48. The highest BCUT2D eigenvalue weighted by molar-refractivity contribution is 6.30. The van der Waals surface area contributed by atoms with Crippen molar-refractivity contribution in [1.29, 1.82) is 0 Å². The van der Waals surface area contributed by atoms with Gasteiger partial charge in [-0.15, -0.1) is 0 Å². The predicted molar refractivity (Wildman–Crippen MR) is 119 cm³/mol. The Balaban J connectivity index is 1.53. The second kappa shape index (κ2) is 9.32. The number of benzene rings is 2. The number of halogens is 1. The van der Waals surface area contributed by atoms with Gasteiger partial charge in [0.25, 0.3) is 5.91 Å². The lowest BCUT2D eigenvalue weighted by Crippen LogP contribution is -2.40. The fourth-order valence-electron chi connectivity index (χ4n) is 3.44. The number of nitrogens with zero attached hydrogens (tertiary/aromatic N) is 3. The summed E-state index contributed by atoms with van der Waals surface area (Å²) in [6, 6.07) is 17.0. The largest absolute Gasteiger partial charge is 0.492 e. The van der Waals surface area contributed by atoms with E-state index in [9.17, 15) is 4.79 Å². The summed E-state index contributed by atoms with van der Waals surface area (Å²) in [6.07, 6.45) is 0. The van der Waals surface area contributed by atoms with Gasteiger partial charge in [0.2, 0.25) is 0 Å². The second-order valence-corrected chi connectivity index (χ2v) is 7.61. The van der Waals surface area contributed by atoms with E-state index in [4.69, 9.17) is 26.1 Å². The molecule has 1 amide bonds. The van der Waals surface area contributed by atoms with Gasteiger partial charge in [-0.25, -0.2) is 4.98 Å². The lowest BCUT2D eigenvalue weighted by molar-refractivity contribution is 0.0304. The Kier molecular flexibility index (Phi) is 6.35. The third kappa shape index (κ3) is 4.66. The van der Waals surface area contributed by atoms with E-state index in [1.807, 2.05) is 65.4 Å². The molecule has 1 aromatic heterocycles. The summed E-state index contributed by atoms with van der Waals surface area (Å²) in [5.41, 5.74) is 1.47. The van der Waals surface area contributed by atoms with E-state index in [0.29, 0.717) is 50.0 Å². The maximum absolute atomic E-state index is 13.2. The van der Waals surface area contributed by atoms with Crippen LogP contribution < -0.4 is 9.64 Å². The number of para-hydroxylation sites is 1. The summed E-state index contributed by atoms with van der Waals surface area (Å²) >= 11 is 6.00. The van der Waals surface area contributed by atoms with Crippen LogP contribution in [0.1, 0.15) is 10.4 Å². The van der Waals surface area contributed by atoms with Gasteiger partial charge >= 0.3 is 0 Å². The van der Waals surface area contributed by atoms with E-state index in [-0.39, 0.29) is 5.91 Å². The van der Waals surface area contributed by atoms with Gasteiger partial charge in [0.05, 0.1) is 30.8 Å². The van der Waals surface area contributed by atoms with Crippen molar-refractivity contribution in [3.63, 3.8) is 0 Å². The second-order valence-electron chi connectivity index (χ2n) is 7.18. The molecule has 0 unspecified atom stereocenters. The van der Waals surface area contributed by atoms with Crippen LogP contribution in [-0.2, 0) is 4.74 Å². The first kappa shape index (κ1) is 20.4. The number of fused-ring (bicyclic) bond motifs is 1. The Morgan fingerprint density at radius 1 is 1.17 bits per heavy atom. The summed E-state index contributed by atoms with van der Waals surface area (Å²) in [4.78, 5) is 21.8. The molecule has 0 N–H and O–H groups in total. The van der Waals surface area contributed by atoms with E-state index >= 15 is 0 Å². The first-order chi connectivity index (χ1) is 14.6. The van der Waals surface area contributed by atoms with Crippen LogP contribution in [0.3, 0.4) is 0 Å².